The van der Waals surface area contributed by atoms with Gasteiger partial charge in [-0.15, -0.1) is 0 Å². The van der Waals surface area contributed by atoms with Gasteiger partial charge in [0.1, 0.15) is 17.0 Å². The molecule has 0 fully saturated rings. The summed E-state index contributed by atoms with van der Waals surface area (Å²) in [7, 11) is 0. The van der Waals surface area contributed by atoms with E-state index in [1.807, 2.05) is 0 Å². The summed E-state index contributed by atoms with van der Waals surface area (Å²) < 4.78 is 8.31. The lowest BCUT2D eigenvalue weighted by atomic mass is 10.3. The molecular weight excluding hydrogens is 529 g/mol. The monoisotopic (exact) mass is 543 g/mol. The molecule has 13 heteroatoms. The number of amides is 1. The Balaban J connectivity index is 1.45. The molecule has 0 aliphatic heterocycles. The summed E-state index contributed by atoms with van der Waals surface area (Å²) in [6, 6.07) is 13.3. The molecule has 0 unspecified atom stereocenters. The Morgan fingerprint density at radius 3 is 2.67 bits per heavy atom. The fourth-order valence-corrected chi connectivity index (χ4v) is 4.12. The van der Waals surface area contributed by atoms with Crippen LogP contribution in [0.25, 0.3) is 22.7 Å². The molecule has 2 aromatic carbocycles. The quantitative estimate of drug-likeness (QED) is 0.323. The third-order valence-corrected chi connectivity index (χ3v) is 5.80. The van der Waals surface area contributed by atoms with E-state index in [1.165, 1.54) is 21.6 Å². The predicted molar refractivity (Wildman–Crippen MR) is 137 cm³/mol. The number of fused-ring (bicyclic) bond motifs is 1. The summed E-state index contributed by atoms with van der Waals surface area (Å²) in [6.45, 7) is 1.42. The van der Waals surface area contributed by atoms with Crippen molar-refractivity contribution in [1.29, 1.82) is 0 Å². The van der Waals surface area contributed by atoms with Gasteiger partial charge in [0, 0.05) is 16.1 Å². The normalized spacial score (nSPS) is 11.1. The van der Waals surface area contributed by atoms with Gasteiger partial charge in [-0.25, -0.2) is 4.68 Å². The topological polar surface area (TPSA) is 120 Å². The van der Waals surface area contributed by atoms with Gasteiger partial charge in [-0.2, -0.15) is 19.9 Å². The van der Waals surface area contributed by atoms with E-state index < -0.39 is 11.5 Å². The van der Waals surface area contributed by atoms with E-state index in [2.05, 4.69) is 25.5 Å². The number of carbonyl (C=O) groups excluding carboxylic acids is 1. The number of aromatic amines is 1. The Morgan fingerprint density at radius 1 is 1.08 bits per heavy atom. The van der Waals surface area contributed by atoms with Crippen molar-refractivity contribution in [3.8, 4) is 17.4 Å². The van der Waals surface area contributed by atoms with Crippen LogP contribution in [-0.4, -0.2) is 42.0 Å². The molecule has 10 nitrogen and oxygen atoms in total. The van der Waals surface area contributed by atoms with Crippen LogP contribution in [0.5, 0.6) is 5.75 Å². The Labute approximate surface area is 218 Å². The molecule has 3 aromatic heterocycles. The molecule has 0 saturated carbocycles. The molecule has 0 atom stereocenters. The smallest absolute Gasteiger partial charge is 0.263 e. The minimum Gasteiger partial charge on any atom is -0.482 e. The van der Waals surface area contributed by atoms with Crippen LogP contribution in [0.1, 0.15) is 5.69 Å². The van der Waals surface area contributed by atoms with Crippen molar-refractivity contribution >= 4 is 57.6 Å². The second-order valence-corrected chi connectivity index (χ2v) is 8.94. The van der Waals surface area contributed by atoms with Crippen LogP contribution >= 0.6 is 34.8 Å². The summed E-state index contributed by atoms with van der Waals surface area (Å²) in [5.41, 5.74) is 1.08. The Bertz CT molecular complexity index is 1680. The SMILES string of the molecule is Cc1cc(NC(=O)COc2ccc(Cl)cc2Cl)n(-c2nc3c(cnn3-c3cccc(Cl)c3)c(=O)[nH]2)n1. The van der Waals surface area contributed by atoms with Crippen molar-refractivity contribution < 1.29 is 9.53 Å². The second-order valence-electron chi connectivity index (χ2n) is 7.66. The maximum atomic E-state index is 12.8. The molecule has 182 valence electrons. The van der Waals surface area contributed by atoms with Crippen molar-refractivity contribution in [2.24, 2.45) is 0 Å². The number of ether oxygens (including phenoxy) is 1. The zero-order valence-electron chi connectivity index (χ0n) is 18.5. The van der Waals surface area contributed by atoms with E-state index in [0.29, 0.717) is 32.8 Å². The van der Waals surface area contributed by atoms with Crippen molar-refractivity contribution in [2.75, 3.05) is 11.9 Å². The van der Waals surface area contributed by atoms with Crippen LogP contribution in [0, 0.1) is 6.92 Å². The predicted octanol–water partition coefficient (Wildman–Crippen LogP) is 4.58. The van der Waals surface area contributed by atoms with Crippen LogP contribution in [-0.2, 0) is 4.79 Å². The lowest BCUT2D eigenvalue weighted by Crippen LogP contribution is -2.23. The van der Waals surface area contributed by atoms with Gasteiger partial charge in [-0.05, 0) is 43.3 Å². The molecule has 0 saturated heterocycles. The number of rotatable bonds is 6. The second kappa shape index (κ2) is 9.65. The van der Waals surface area contributed by atoms with Gasteiger partial charge in [0.25, 0.3) is 11.5 Å². The first-order valence-corrected chi connectivity index (χ1v) is 11.6. The molecule has 0 bridgehead atoms. The fraction of sp³-hybridized carbons (Fsp3) is 0.0870. The summed E-state index contributed by atoms with van der Waals surface area (Å²) in [5.74, 6) is 0.196. The van der Waals surface area contributed by atoms with Crippen LogP contribution in [0.2, 0.25) is 15.1 Å². The zero-order chi connectivity index (χ0) is 25.4. The third-order valence-electron chi connectivity index (χ3n) is 5.03. The van der Waals surface area contributed by atoms with Crippen LogP contribution in [0.3, 0.4) is 0 Å². The van der Waals surface area contributed by atoms with Crippen molar-refractivity contribution in [3.05, 3.63) is 85.8 Å². The Kier molecular flexibility index (Phi) is 6.40. The molecule has 0 aliphatic rings. The molecule has 2 N–H and O–H groups in total. The largest absolute Gasteiger partial charge is 0.482 e. The zero-order valence-corrected chi connectivity index (χ0v) is 20.8. The van der Waals surface area contributed by atoms with Crippen molar-refractivity contribution in [2.45, 2.75) is 6.92 Å². The third kappa shape index (κ3) is 4.78. The van der Waals surface area contributed by atoms with Crippen LogP contribution in [0.4, 0.5) is 5.82 Å². The number of nitrogens with zero attached hydrogens (tertiary/aromatic N) is 5. The molecule has 36 heavy (non-hydrogen) atoms. The van der Waals surface area contributed by atoms with Gasteiger partial charge < -0.3 is 10.1 Å². The van der Waals surface area contributed by atoms with Crippen LogP contribution < -0.4 is 15.6 Å². The van der Waals surface area contributed by atoms with Gasteiger partial charge in [0.2, 0.25) is 5.95 Å². The van der Waals surface area contributed by atoms with Crippen molar-refractivity contribution in [3.63, 3.8) is 0 Å². The lowest BCUT2D eigenvalue weighted by molar-refractivity contribution is -0.118. The first kappa shape index (κ1) is 23.9. The summed E-state index contributed by atoms with van der Waals surface area (Å²) in [5, 5.41) is 12.9. The first-order chi connectivity index (χ1) is 17.3. The minimum absolute atomic E-state index is 0.0846. The minimum atomic E-state index is -0.477. The molecule has 0 aliphatic carbocycles. The average Bonchev–Trinajstić information content (AvgIpc) is 3.42. The number of anilines is 1. The summed E-state index contributed by atoms with van der Waals surface area (Å²) in [4.78, 5) is 32.6. The number of halogens is 3. The van der Waals surface area contributed by atoms with Crippen LogP contribution in [0.15, 0.2) is 59.5 Å². The van der Waals surface area contributed by atoms with E-state index >= 15 is 0 Å². The number of aromatic nitrogens is 6. The lowest BCUT2D eigenvalue weighted by Gasteiger charge is -2.10. The molecular formula is C23H16Cl3N7O3. The highest BCUT2D eigenvalue weighted by molar-refractivity contribution is 6.35. The Morgan fingerprint density at radius 2 is 1.89 bits per heavy atom. The molecule has 0 radical (unpaired) electrons. The number of aryl methyl sites for hydroxylation is 1. The molecule has 3 heterocycles. The van der Waals surface area contributed by atoms with E-state index in [9.17, 15) is 9.59 Å². The maximum absolute atomic E-state index is 12.8. The molecule has 5 aromatic rings. The van der Waals surface area contributed by atoms with E-state index in [4.69, 9.17) is 39.5 Å². The molecule has 0 spiro atoms. The first-order valence-electron chi connectivity index (χ1n) is 10.5. The highest BCUT2D eigenvalue weighted by atomic mass is 35.5. The maximum Gasteiger partial charge on any atom is 0.263 e. The number of carbonyl (C=O) groups is 1. The van der Waals surface area contributed by atoms with Gasteiger partial charge in [0.05, 0.1) is 22.6 Å². The molecule has 5 rings (SSSR count). The fourth-order valence-electron chi connectivity index (χ4n) is 3.47. The Hall–Kier alpha value is -3.86. The van der Waals surface area contributed by atoms with Crippen molar-refractivity contribution in [1.82, 2.24) is 29.5 Å². The van der Waals surface area contributed by atoms with E-state index in [1.54, 1.807) is 49.4 Å². The summed E-state index contributed by atoms with van der Waals surface area (Å²) >= 11 is 18.1. The van der Waals surface area contributed by atoms with Gasteiger partial charge in [-0.1, -0.05) is 40.9 Å². The number of hydrogen-bond donors (Lipinski definition) is 2. The number of nitrogens with one attached hydrogen (secondary N) is 2. The molecule has 1 amide bonds. The standard InChI is InChI=1S/C23H16Cl3N7O3/c1-12-7-19(28-20(34)11-36-18-6-5-14(25)9-17(18)26)33(31-12)23-29-21-16(22(35)30-23)10-27-32(21)15-4-2-3-13(24)8-15/h2-10H,11H2,1H3,(H,28,34)(H,29,30,35). The average molecular weight is 545 g/mol. The number of hydrogen-bond acceptors (Lipinski definition) is 6. The van der Waals surface area contributed by atoms with E-state index in [-0.39, 0.29) is 28.8 Å². The highest BCUT2D eigenvalue weighted by Crippen LogP contribution is 2.27. The highest BCUT2D eigenvalue weighted by Gasteiger charge is 2.17. The number of H-pyrrole nitrogens is 1. The van der Waals surface area contributed by atoms with Gasteiger partial charge in [-0.3, -0.25) is 14.6 Å². The number of benzene rings is 2. The van der Waals surface area contributed by atoms with E-state index in [0.717, 1.165) is 0 Å². The van der Waals surface area contributed by atoms with Gasteiger partial charge in [0.15, 0.2) is 12.3 Å². The summed E-state index contributed by atoms with van der Waals surface area (Å²) in [6.07, 6.45) is 1.42. The van der Waals surface area contributed by atoms with Gasteiger partial charge >= 0.3 is 0 Å².